The summed E-state index contributed by atoms with van der Waals surface area (Å²) in [6.45, 7) is 5.98. The molecule has 0 fully saturated rings. The minimum absolute atomic E-state index is 0.0778. The minimum atomic E-state index is -3.55. The van der Waals surface area contributed by atoms with E-state index >= 15 is 0 Å². The molecule has 110 valence electrons. The zero-order valence-electron chi connectivity index (χ0n) is 12.0. The second-order valence-corrected chi connectivity index (χ2v) is 7.02. The lowest BCUT2D eigenvalue weighted by molar-refractivity contribution is 0.437. The smallest absolute Gasteiger partial charge is 0.242 e. The van der Waals surface area contributed by atoms with Crippen molar-refractivity contribution in [3.8, 4) is 0 Å². The lowest BCUT2D eigenvalue weighted by Gasteiger charge is -2.20. The van der Waals surface area contributed by atoms with Gasteiger partial charge in [0.15, 0.2) is 0 Å². The molecule has 0 saturated carbocycles. The Morgan fingerprint density at radius 1 is 1.35 bits per heavy atom. The van der Waals surface area contributed by atoms with E-state index in [4.69, 9.17) is 5.73 Å². The summed E-state index contributed by atoms with van der Waals surface area (Å²) in [5, 5.41) is 0.621. The highest BCUT2D eigenvalue weighted by atomic mass is 32.2. The van der Waals surface area contributed by atoms with E-state index in [1.54, 1.807) is 18.2 Å². The third-order valence-corrected chi connectivity index (χ3v) is 5.04. The molecular weight excluding hydrogens is 274 g/mol. The number of hydrogen-bond donors (Lipinski definition) is 3. The van der Waals surface area contributed by atoms with E-state index in [0.717, 1.165) is 11.9 Å². The molecule has 1 unspecified atom stereocenters. The van der Waals surface area contributed by atoms with Gasteiger partial charge >= 0.3 is 0 Å². The van der Waals surface area contributed by atoms with E-state index in [9.17, 15) is 8.42 Å². The molecule has 0 amide bonds. The number of benzene rings is 1. The summed E-state index contributed by atoms with van der Waals surface area (Å²) < 4.78 is 27.8. The van der Waals surface area contributed by atoms with Crippen molar-refractivity contribution in [2.75, 3.05) is 5.73 Å². The first-order valence-electron chi connectivity index (χ1n) is 6.74. The van der Waals surface area contributed by atoms with Gasteiger partial charge in [0, 0.05) is 28.8 Å². The van der Waals surface area contributed by atoms with Crippen LogP contribution < -0.4 is 10.5 Å². The predicted octanol–water partition coefficient (Wildman–Crippen LogP) is 2.46. The third kappa shape index (κ3) is 2.81. The lowest BCUT2D eigenvalue weighted by Crippen LogP contribution is -2.37. The third-order valence-electron chi connectivity index (χ3n) is 3.51. The second kappa shape index (κ2) is 5.46. The maximum atomic E-state index is 12.5. The molecule has 1 heterocycles. The molecule has 0 bridgehead atoms. The summed E-state index contributed by atoms with van der Waals surface area (Å²) in [6, 6.07) is 5.12. The topological polar surface area (TPSA) is 88.0 Å². The highest BCUT2D eigenvalue weighted by molar-refractivity contribution is 7.89. The number of H-pyrrole nitrogens is 1. The molecule has 4 N–H and O–H groups in total. The molecule has 5 nitrogen and oxygen atoms in total. The average Bonchev–Trinajstić information content (AvgIpc) is 2.79. The highest BCUT2D eigenvalue weighted by Crippen LogP contribution is 2.25. The van der Waals surface area contributed by atoms with Gasteiger partial charge in [-0.15, -0.1) is 0 Å². The average molecular weight is 295 g/mol. The standard InChI is InChI=1S/C14H21N3O2S/c1-4-12(9(2)3)17-20(18,19)14-8-16-13-6-5-10(15)7-11(13)14/h5-9,12,16-17H,4,15H2,1-3H3. The number of nitrogen functional groups attached to an aromatic ring is 1. The van der Waals surface area contributed by atoms with Crippen LogP contribution in [0.5, 0.6) is 0 Å². The van der Waals surface area contributed by atoms with Crippen LogP contribution in [0.2, 0.25) is 0 Å². The molecule has 0 aliphatic heterocycles. The Hall–Kier alpha value is -1.53. The number of nitrogens with one attached hydrogen (secondary N) is 2. The number of anilines is 1. The molecule has 2 rings (SSSR count). The number of rotatable bonds is 5. The van der Waals surface area contributed by atoms with Crippen LogP contribution in [0.3, 0.4) is 0 Å². The number of sulfonamides is 1. The minimum Gasteiger partial charge on any atom is -0.399 e. The number of aromatic nitrogens is 1. The van der Waals surface area contributed by atoms with Crippen molar-refractivity contribution in [1.82, 2.24) is 9.71 Å². The van der Waals surface area contributed by atoms with E-state index in [1.165, 1.54) is 6.20 Å². The molecule has 1 aromatic carbocycles. The van der Waals surface area contributed by atoms with Crippen LogP contribution in [-0.2, 0) is 10.0 Å². The van der Waals surface area contributed by atoms with Crippen molar-refractivity contribution >= 4 is 26.6 Å². The molecule has 0 aliphatic carbocycles. The first-order chi connectivity index (χ1) is 9.35. The molecule has 6 heteroatoms. The molecule has 0 radical (unpaired) electrons. The fraction of sp³-hybridized carbons (Fsp3) is 0.429. The van der Waals surface area contributed by atoms with E-state index in [0.29, 0.717) is 11.1 Å². The maximum absolute atomic E-state index is 12.5. The van der Waals surface area contributed by atoms with Crippen molar-refractivity contribution in [2.45, 2.75) is 38.1 Å². The van der Waals surface area contributed by atoms with Crippen molar-refractivity contribution < 1.29 is 8.42 Å². The van der Waals surface area contributed by atoms with E-state index in [2.05, 4.69) is 9.71 Å². The molecule has 0 saturated heterocycles. The summed E-state index contributed by atoms with van der Waals surface area (Å²) in [6.07, 6.45) is 2.26. The van der Waals surface area contributed by atoms with Crippen molar-refractivity contribution in [1.29, 1.82) is 0 Å². The van der Waals surface area contributed by atoms with Gasteiger partial charge in [0.05, 0.1) is 0 Å². The van der Waals surface area contributed by atoms with Gasteiger partial charge in [0.2, 0.25) is 10.0 Å². The largest absolute Gasteiger partial charge is 0.399 e. The Kier molecular flexibility index (Phi) is 4.06. The quantitative estimate of drug-likeness (QED) is 0.740. The van der Waals surface area contributed by atoms with Gasteiger partial charge in [-0.05, 0) is 30.5 Å². The normalized spacial score (nSPS) is 14.0. The van der Waals surface area contributed by atoms with Crippen molar-refractivity contribution in [2.24, 2.45) is 5.92 Å². The zero-order chi connectivity index (χ0) is 14.9. The first kappa shape index (κ1) is 14.9. The van der Waals surface area contributed by atoms with Crippen LogP contribution in [0.15, 0.2) is 29.3 Å². The molecule has 1 aromatic heterocycles. The number of nitrogens with two attached hydrogens (primary N) is 1. The Balaban J connectivity index is 2.44. The van der Waals surface area contributed by atoms with Gasteiger partial charge in [-0.1, -0.05) is 20.8 Å². The first-order valence-corrected chi connectivity index (χ1v) is 8.22. The maximum Gasteiger partial charge on any atom is 0.242 e. The molecule has 20 heavy (non-hydrogen) atoms. The Morgan fingerprint density at radius 3 is 2.65 bits per heavy atom. The number of fused-ring (bicyclic) bond motifs is 1. The second-order valence-electron chi connectivity index (χ2n) is 5.34. The SMILES string of the molecule is CCC(NS(=O)(=O)c1c[nH]c2ccc(N)cc12)C(C)C. The fourth-order valence-corrected chi connectivity index (χ4v) is 3.93. The summed E-state index contributed by atoms with van der Waals surface area (Å²) in [4.78, 5) is 3.22. The van der Waals surface area contributed by atoms with E-state index in [1.807, 2.05) is 20.8 Å². The van der Waals surface area contributed by atoms with Crippen LogP contribution in [0.4, 0.5) is 5.69 Å². The summed E-state index contributed by atoms with van der Waals surface area (Å²) in [5.74, 6) is 0.241. The Labute approximate surface area is 119 Å². The summed E-state index contributed by atoms with van der Waals surface area (Å²) >= 11 is 0. The highest BCUT2D eigenvalue weighted by Gasteiger charge is 2.23. The van der Waals surface area contributed by atoms with Crippen molar-refractivity contribution in [3.63, 3.8) is 0 Å². The van der Waals surface area contributed by atoms with E-state index < -0.39 is 10.0 Å². The van der Waals surface area contributed by atoms with Gasteiger partial charge in [-0.2, -0.15) is 0 Å². The number of hydrogen-bond acceptors (Lipinski definition) is 3. The monoisotopic (exact) mass is 295 g/mol. The molecule has 0 aliphatic rings. The summed E-state index contributed by atoms with van der Waals surface area (Å²) in [7, 11) is -3.55. The van der Waals surface area contributed by atoms with Gasteiger partial charge in [0.1, 0.15) is 4.90 Å². The zero-order valence-corrected chi connectivity index (χ0v) is 12.8. The van der Waals surface area contributed by atoms with E-state index in [-0.39, 0.29) is 16.9 Å². The van der Waals surface area contributed by atoms with Crippen LogP contribution in [0, 0.1) is 5.92 Å². The van der Waals surface area contributed by atoms with Gasteiger partial charge in [-0.25, -0.2) is 13.1 Å². The van der Waals surface area contributed by atoms with Crippen LogP contribution in [-0.4, -0.2) is 19.4 Å². The lowest BCUT2D eigenvalue weighted by atomic mass is 10.0. The van der Waals surface area contributed by atoms with Gasteiger partial charge in [0.25, 0.3) is 0 Å². The van der Waals surface area contributed by atoms with Crippen molar-refractivity contribution in [3.05, 3.63) is 24.4 Å². The van der Waals surface area contributed by atoms with Crippen LogP contribution in [0.1, 0.15) is 27.2 Å². The van der Waals surface area contributed by atoms with Crippen LogP contribution in [0.25, 0.3) is 10.9 Å². The Bertz CT molecular complexity index is 704. The predicted molar refractivity (Wildman–Crippen MR) is 81.9 cm³/mol. The fourth-order valence-electron chi connectivity index (χ4n) is 2.29. The molecular formula is C14H21N3O2S. The van der Waals surface area contributed by atoms with Gasteiger partial charge in [-0.3, -0.25) is 0 Å². The summed E-state index contributed by atoms with van der Waals surface area (Å²) in [5.41, 5.74) is 7.05. The van der Waals surface area contributed by atoms with Gasteiger partial charge < -0.3 is 10.7 Å². The van der Waals surface area contributed by atoms with Crippen LogP contribution >= 0.6 is 0 Å². The Morgan fingerprint density at radius 2 is 2.05 bits per heavy atom. The molecule has 1 atom stereocenters. The number of aromatic amines is 1. The molecule has 2 aromatic rings. The molecule has 0 spiro atoms.